The van der Waals surface area contributed by atoms with Gasteiger partial charge in [0.15, 0.2) is 6.61 Å². The Morgan fingerprint density at radius 3 is 2.79 bits per heavy atom. The predicted molar refractivity (Wildman–Crippen MR) is 82.8 cm³/mol. The van der Waals surface area contributed by atoms with E-state index in [0.717, 1.165) is 13.1 Å². The van der Waals surface area contributed by atoms with Gasteiger partial charge in [0.2, 0.25) is 5.88 Å². The van der Waals surface area contributed by atoms with Gasteiger partial charge in [0.1, 0.15) is 0 Å². The molecule has 2 aromatic rings. The van der Waals surface area contributed by atoms with E-state index in [1.807, 2.05) is 6.07 Å². The van der Waals surface area contributed by atoms with E-state index in [2.05, 4.69) is 33.8 Å². The van der Waals surface area contributed by atoms with Crippen LogP contribution in [-0.4, -0.2) is 38.6 Å². The van der Waals surface area contributed by atoms with E-state index >= 15 is 0 Å². The molecule has 0 saturated heterocycles. The van der Waals surface area contributed by atoms with Crippen LogP contribution in [0.2, 0.25) is 0 Å². The van der Waals surface area contributed by atoms with Gasteiger partial charge in [-0.3, -0.25) is 4.90 Å². The number of fused-ring (bicyclic) bond motifs is 1. The number of hydrogen-bond donors (Lipinski definition) is 0. The van der Waals surface area contributed by atoms with Crippen molar-refractivity contribution in [1.29, 1.82) is 0 Å². The topological polar surface area (TPSA) is 35.2 Å². The summed E-state index contributed by atoms with van der Waals surface area (Å²) in [5.41, 5.74) is 2.62. The second-order valence-electron chi connectivity index (χ2n) is 6.17. The molecule has 0 fully saturated rings. The molecule has 2 aromatic heterocycles. The number of hydrogen-bond acceptors (Lipinski definition) is 3. The number of halogens is 3. The van der Waals surface area contributed by atoms with E-state index in [1.54, 1.807) is 14.0 Å². The summed E-state index contributed by atoms with van der Waals surface area (Å²) >= 11 is 0. The molecule has 0 radical (unpaired) electrons. The Labute approximate surface area is 138 Å². The van der Waals surface area contributed by atoms with Gasteiger partial charge in [-0.15, -0.1) is 0 Å². The standard InChI is InChI=1S/C16H21F3N4O/c1-11-13(15(21(3)20-11)24-10-16(17,18)19)9-23-8-7-22-6-4-5-14(22)12(23)2/h4-6,12H,7-10H2,1-3H3/t12-/m1/s1. The fourth-order valence-corrected chi connectivity index (χ4v) is 3.24. The van der Waals surface area contributed by atoms with Gasteiger partial charge in [-0.05, 0) is 26.0 Å². The number of alkyl halides is 3. The van der Waals surface area contributed by atoms with Crippen LogP contribution in [0.4, 0.5) is 13.2 Å². The van der Waals surface area contributed by atoms with Gasteiger partial charge in [-0.1, -0.05) is 0 Å². The van der Waals surface area contributed by atoms with Crippen molar-refractivity contribution in [3.63, 3.8) is 0 Å². The minimum Gasteiger partial charge on any atom is -0.468 e. The molecule has 5 nitrogen and oxygen atoms in total. The highest BCUT2D eigenvalue weighted by molar-refractivity contribution is 5.31. The SMILES string of the molecule is Cc1nn(C)c(OCC(F)(F)F)c1CN1CCn2cccc2[C@H]1C. The minimum absolute atomic E-state index is 0.184. The molecular weight excluding hydrogens is 321 g/mol. The van der Waals surface area contributed by atoms with Crippen LogP contribution < -0.4 is 4.74 Å². The van der Waals surface area contributed by atoms with Crippen LogP contribution in [0.15, 0.2) is 18.3 Å². The number of nitrogens with zero attached hydrogens (tertiary/aromatic N) is 4. The number of ether oxygens (including phenoxy) is 1. The molecule has 0 amide bonds. The van der Waals surface area contributed by atoms with Crippen LogP contribution in [0.5, 0.6) is 5.88 Å². The summed E-state index contributed by atoms with van der Waals surface area (Å²) in [6.07, 6.45) is -2.31. The molecule has 1 atom stereocenters. The molecule has 0 N–H and O–H groups in total. The van der Waals surface area contributed by atoms with Crippen LogP contribution in [0, 0.1) is 6.92 Å². The fraction of sp³-hybridized carbons (Fsp3) is 0.562. The predicted octanol–water partition coefficient (Wildman–Crippen LogP) is 3.05. The second-order valence-corrected chi connectivity index (χ2v) is 6.17. The average Bonchev–Trinajstić information content (AvgIpc) is 3.05. The van der Waals surface area contributed by atoms with Gasteiger partial charge in [-0.25, -0.2) is 4.68 Å². The summed E-state index contributed by atoms with van der Waals surface area (Å²) in [6, 6.07) is 4.28. The van der Waals surface area contributed by atoms with Crippen molar-refractivity contribution in [1.82, 2.24) is 19.2 Å². The zero-order valence-electron chi connectivity index (χ0n) is 14.0. The Kier molecular flexibility index (Phi) is 4.33. The lowest BCUT2D eigenvalue weighted by Gasteiger charge is -2.34. The normalized spacial score (nSPS) is 18.7. The number of aryl methyl sites for hydroxylation is 2. The van der Waals surface area contributed by atoms with Crippen LogP contribution in [0.3, 0.4) is 0 Å². The summed E-state index contributed by atoms with van der Waals surface area (Å²) in [4.78, 5) is 2.24. The second kappa shape index (κ2) is 6.16. The molecule has 0 saturated carbocycles. The first-order chi connectivity index (χ1) is 11.3. The Morgan fingerprint density at radius 2 is 2.08 bits per heavy atom. The minimum atomic E-state index is -4.37. The number of rotatable bonds is 4. The Morgan fingerprint density at radius 1 is 1.33 bits per heavy atom. The zero-order chi connectivity index (χ0) is 17.5. The molecule has 24 heavy (non-hydrogen) atoms. The van der Waals surface area contributed by atoms with Gasteiger partial charge in [0.25, 0.3) is 0 Å². The molecule has 0 spiro atoms. The van der Waals surface area contributed by atoms with E-state index in [9.17, 15) is 13.2 Å². The summed E-state index contributed by atoms with van der Waals surface area (Å²) in [5.74, 6) is 0.193. The molecular formula is C16H21F3N4O. The molecule has 1 aliphatic heterocycles. The molecule has 8 heteroatoms. The monoisotopic (exact) mass is 342 g/mol. The first kappa shape index (κ1) is 16.9. The van der Waals surface area contributed by atoms with E-state index in [0.29, 0.717) is 17.8 Å². The van der Waals surface area contributed by atoms with Crippen molar-refractivity contribution in [2.24, 2.45) is 7.05 Å². The largest absolute Gasteiger partial charge is 0.468 e. The molecule has 3 rings (SSSR count). The maximum absolute atomic E-state index is 12.5. The third kappa shape index (κ3) is 3.28. The quantitative estimate of drug-likeness (QED) is 0.857. The van der Waals surface area contributed by atoms with Crippen LogP contribution in [0.25, 0.3) is 0 Å². The van der Waals surface area contributed by atoms with Gasteiger partial charge in [-0.2, -0.15) is 18.3 Å². The lowest BCUT2D eigenvalue weighted by atomic mass is 10.1. The molecule has 1 aliphatic rings. The van der Waals surface area contributed by atoms with Gasteiger partial charge >= 0.3 is 6.18 Å². The van der Waals surface area contributed by atoms with Crippen molar-refractivity contribution in [3.8, 4) is 5.88 Å². The van der Waals surface area contributed by atoms with Gasteiger partial charge in [0.05, 0.1) is 11.3 Å². The maximum atomic E-state index is 12.5. The summed E-state index contributed by atoms with van der Waals surface area (Å²) in [6.45, 7) is 4.80. The molecule has 0 aliphatic carbocycles. The first-order valence-corrected chi connectivity index (χ1v) is 7.87. The summed E-state index contributed by atoms with van der Waals surface area (Å²) in [7, 11) is 1.60. The van der Waals surface area contributed by atoms with E-state index < -0.39 is 12.8 Å². The molecule has 0 aromatic carbocycles. The maximum Gasteiger partial charge on any atom is 0.422 e. The highest BCUT2D eigenvalue weighted by Gasteiger charge is 2.31. The summed E-state index contributed by atoms with van der Waals surface area (Å²) in [5, 5.41) is 4.23. The van der Waals surface area contributed by atoms with E-state index in [4.69, 9.17) is 4.74 Å². The lowest BCUT2D eigenvalue weighted by Crippen LogP contribution is -2.36. The third-order valence-corrected chi connectivity index (χ3v) is 4.49. The third-order valence-electron chi connectivity index (χ3n) is 4.49. The number of aromatic nitrogens is 3. The van der Waals surface area contributed by atoms with E-state index in [1.165, 1.54) is 10.4 Å². The Balaban J connectivity index is 1.80. The summed E-state index contributed by atoms with van der Waals surface area (Å²) < 4.78 is 46.1. The van der Waals surface area contributed by atoms with Crippen molar-refractivity contribution in [2.45, 2.75) is 39.2 Å². The fourth-order valence-electron chi connectivity index (χ4n) is 3.24. The van der Waals surface area contributed by atoms with Crippen molar-refractivity contribution >= 4 is 0 Å². The lowest BCUT2D eigenvalue weighted by molar-refractivity contribution is -0.154. The Hall–Kier alpha value is -1.96. The molecule has 0 bridgehead atoms. The molecule has 3 heterocycles. The highest BCUT2D eigenvalue weighted by Crippen LogP contribution is 2.31. The van der Waals surface area contributed by atoms with Crippen molar-refractivity contribution in [2.75, 3.05) is 13.2 Å². The first-order valence-electron chi connectivity index (χ1n) is 7.87. The van der Waals surface area contributed by atoms with Crippen molar-refractivity contribution in [3.05, 3.63) is 35.3 Å². The van der Waals surface area contributed by atoms with E-state index in [-0.39, 0.29) is 11.9 Å². The van der Waals surface area contributed by atoms with Crippen LogP contribution in [-0.2, 0) is 20.1 Å². The molecule has 0 unspecified atom stereocenters. The van der Waals surface area contributed by atoms with Gasteiger partial charge < -0.3 is 9.30 Å². The zero-order valence-corrected chi connectivity index (χ0v) is 14.0. The highest BCUT2D eigenvalue weighted by atomic mass is 19.4. The average molecular weight is 342 g/mol. The Bertz CT molecular complexity index is 719. The van der Waals surface area contributed by atoms with Crippen LogP contribution >= 0.6 is 0 Å². The smallest absolute Gasteiger partial charge is 0.422 e. The van der Waals surface area contributed by atoms with Gasteiger partial charge in [0, 0.05) is 44.6 Å². The van der Waals surface area contributed by atoms with Crippen molar-refractivity contribution < 1.29 is 17.9 Å². The molecule has 132 valence electrons. The van der Waals surface area contributed by atoms with Crippen LogP contribution in [0.1, 0.15) is 29.9 Å².